The molecule has 0 saturated carbocycles. The van der Waals surface area contributed by atoms with E-state index >= 15 is 0 Å². The lowest BCUT2D eigenvalue weighted by Crippen LogP contribution is -2.46. The Morgan fingerprint density at radius 3 is 2.11 bits per heavy atom. The van der Waals surface area contributed by atoms with Crippen LogP contribution in [0.2, 0.25) is 0 Å². The van der Waals surface area contributed by atoms with Crippen LogP contribution in [0, 0.1) is 5.92 Å². The molecule has 0 N–H and O–H groups in total. The van der Waals surface area contributed by atoms with E-state index in [0.717, 1.165) is 24.8 Å². The standard InChI is InChI=1S/C25H36N2S/c1-23-15-19-26(20-16-23)24-17-21-27(22-18-24)28-25-13-11-9-7-5-3-2-4-6-8-10-12-14-25/h2-9,11,13-14,23-24H,10,12,15-22H2,1H3/b4-2-,5-3+,8-6-,9-7+,13-11-,25-14+. The molecule has 0 aromatic carbocycles. The van der Waals surface area contributed by atoms with Crippen molar-refractivity contribution in [3.63, 3.8) is 0 Å². The normalized spacial score (nSPS) is 32.0. The molecule has 28 heavy (non-hydrogen) atoms. The fourth-order valence-electron chi connectivity index (χ4n) is 4.01. The zero-order valence-electron chi connectivity index (χ0n) is 17.4. The first kappa shape index (κ1) is 21.4. The van der Waals surface area contributed by atoms with Crippen LogP contribution < -0.4 is 0 Å². The zero-order chi connectivity index (χ0) is 19.4. The third-order valence-corrected chi connectivity index (χ3v) is 6.98. The first-order valence-corrected chi connectivity index (χ1v) is 11.8. The van der Waals surface area contributed by atoms with Crippen molar-refractivity contribution in [3.05, 3.63) is 71.7 Å². The molecule has 0 aromatic rings. The highest BCUT2D eigenvalue weighted by Gasteiger charge is 2.27. The molecule has 0 amide bonds. The smallest absolute Gasteiger partial charge is 0.0190 e. The predicted molar refractivity (Wildman–Crippen MR) is 125 cm³/mol. The van der Waals surface area contributed by atoms with Crippen LogP contribution >= 0.6 is 11.9 Å². The lowest BCUT2D eigenvalue weighted by atomic mass is 9.95. The summed E-state index contributed by atoms with van der Waals surface area (Å²) in [4.78, 5) is 4.14. The average Bonchev–Trinajstić information content (AvgIpc) is 2.72. The van der Waals surface area contributed by atoms with E-state index in [0.29, 0.717) is 0 Å². The van der Waals surface area contributed by atoms with E-state index in [1.54, 1.807) is 0 Å². The molecular formula is C25H36N2S. The highest BCUT2D eigenvalue weighted by Crippen LogP contribution is 2.30. The number of piperidine rings is 2. The first-order chi connectivity index (χ1) is 13.8. The van der Waals surface area contributed by atoms with E-state index in [-0.39, 0.29) is 0 Å². The second-order valence-electron chi connectivity index (χ2n) is 8.10. The summed E-state index contributed by atoms with van der Waals surface area (Å²) in [5, 5.41) is 0. The molecular weight excluding hydrogens is 360 g/mol. The summed E-state index contributed by atoms with van der Waals surface area (Å²) in [5.74, 6) is 0.927. The molecule has 0 radical (unpaired) electrons. The molecule has 2 fully saturated rings. The second-order valence-corrected chi connectivity index (χ2v) is 9.27. The van der Waals surface area contributed by atoms with Gasteiger partial charge in [-0.15, -0.1) is 0 Å². The lowest BCUT2D eigenvalue weighted by Gasteiger charge is -2.41. The molecule has 1 aliphatic carbocycles. The third kappa shape index (κ3) is 7.62. The topological polar surface area (TPSA) is 6.48 Å². The van der Waals surface area contributed by atoms with Gasteiger partial charge in [0.05, 0.1) is 0 Å². The Bertz CT molecular complexity index is 625. The van der Waals surface area contributed by atoms with Crippen LogP contribution in [0.15, 0.2) is 71.7 Å². The van der Waals surface area contributed by atoms with Gasteiger partial charge in [0, 0.05) is 24.0 Å². The lowest BCUT2D eigenvalue weighted by molar-refractivity contribution is 0.103. The van der Waals surface area contributed by atoms with Gasteiger partial charge in [-0.2, -0.15) is 0 Å². The van der Waals surface area contributed by atoms with Crippen LogP contribution in [0.4, 0.5) is 0 Å². The molecule has 0 unspecified atom stereocenters. The Hall–Kier alpha value is -1.29. The van der Waals surface area contributed by atoms with Crippen molar-refractivity contribution in [1.29, 1.82) is 0 Å². The van der Waals surface area contributed by atoms with Crippen molar-refractivity contribution < 1.29 is 0 Å². The zero-order valence-corrected chi connectivity index (χ0v) is 18.2. The van der Waals surface area contributed by atoms with Gasteiger partial charge in [0.2, 0.25) is 0 Å². The van der Waals surface area contributed by atoms with E-state index in [2.05, 4.69) is 83.0 Å². The fraction of sp³-hybridized carbons (Fsp3) is 0.520. The van der Waals surface area contributed by atoms with Crippen molar-refractivity contribution in [2.45, 2.75) is 51.5 Å². The van der Waals surface area contributed by atoms with Crippen LogP contribution in [-0.2, 0) is 0 Å². The summed E-state index contributed by atoms with van der Waals surface area (Å²) < 4.78 is 2.57. The number of rotatable bonds is 3. The van der Waals surface area contributed by atoms with Gasteiger partial charge in [-0.3, -0.25) is 0 Å². The summed E-state index contributed by atoms with van der Waals surface area (Å²) in [6, 6.07) is 0.811. The van der Waals surface area contributed by atoms with E-state index in [1.165, 1.54) is 56.8 Å². The first-order valence-electron chi connectivity index (χ1n) is 11.0. The maximum atomic E-state index is 2.77. The van der Waals surface area contributed by atoms with Crippen LogP contribution in [0.5, 0.6) is 0 Å². The van der Waals surface area contributed by atoms with Gasteiger partial charge in [0.15, 0.2) is 0 Å². The fourth-order valence-corrected chi connectivity index (χ4v) is 5.03. The SMILES string of the molecule is CC1CCN(C2CCN(SC3=C\CC\C=C/C=C\C=C\C=C\C=C/3)CC2)CC1. The summed E-state index contributed by atoms with van der Waals surface area (Å²) in [7, 11) is 0. The van der Waals surface area contributed by atoms with Gasteiger partial charge >= 0.3 is 0 Å². The largest absolute Gasteiger partial charge is 0.300 e. The van der Waals surface area contributed by atoms with Gasteiger partial charge in [0.1, 0.15) is 0 Å². The van der Waals surface area contributed by atoms with Gasteiger partial charge < -0.3 is 4.90 Å². The minimum Gasteiger partial charge on any atom is -0.300 e. The summed E-state index contributed by atoms with van der Waals surface area (Å²) >= 11 is 1.95. The Labute approximate surface area is 176 Å². The van der Waals surface area contributed by atoms with Crippen molar-refractivity contribution in [2.75, 3.05) is 26.2 Å². The Balaban J connectivity index is 1.50. The molecule has 2 nitrogen and oxygen atoms in total. The quantitative estimate of drug-likeness (QED) is 0.518. The molecule has 0 atom stereocenters. The molecule has 0 spiro atoms. The second kappa shape index (κ2) is 12.3. The summed E-state index contributed by atoms with van der Waals surface area (Å²) in [6.07, 6.45) is 31.3. The summed E-state index contributed by atoms with van der Waals surface area (Å²) in [6.45, 7) is 7.44. The highest BCUT2D eigenvalue weighted by molar-refractivity contribution is 8.01. The molecule has 2 saturated heterocycles. The van der Waals surface area contributed by atoms with Crippen LogP contribution in [0.1, 0.15) is 45.4 Å². The Morgan fingerprint density at radius 2 is 1.39 bits per heavy atom. The van der Waals surface area contributed by atoms with Gasteiger partial charge in [0.25, 0.3) is 0 Å². The number of allylic oxidation sites excluding steroid dienone is 11. The maximum Gasteiger partial charge on any atom is 0.0190 e. The monoisotopic (exact) mass is 396 g/mol. The molecule has 0 bridgehead atoms. The summed E-state index contributed by atoms with van der Waals surface area (Å²) in [5.41, 5.74) is 0. The Kier molecular flexibility index (Phi) is 9.42. The maximum absolute atomic E-state index is 2.77. The molecule has 152 valence electrons. The Morgan fingerprint density at radius 1 is 0.750 bits per heavy atom. The van der Waals surface area contributed by atoms with Gasteiger partial charge in [-0.05, 0) is 75.6 Å². The van der Waals surface area contributed by atoms with E-state index in [1.807, 2.05) is 11.9 Å². The van der Waals surface area contributed by atoms with E-state index in [4.69, 9.17) is 0 Å². The van der Waals surface area contributed by atoms with Crippen LogP contribution in [0.3, 0.4) is 0 Å². The molecule has 3 aliphatic rings. The van der Waals surface area contributed by atoms with Crippen molar-refractivity contribution in [1.82, 2.24) is 9.21 Å². The van der Waals surface area contributed by atoms with E-state index < -0.39 is 0 Å². The number of hydrogen-bond acceptors (Lipinski definition) is 3. The van der Waals surface area contributed by atoms with Gasteiger partial charge in [-0.25, -0.2) is 4.31 Å². The van der Waals surface area contributed by atoms with Crippen LogP contribution in [-0.4, -0.2) is 41.4 Å². The number of hydrogen-bond donors (Lipinski definition) is 0. The van der Waals surface area contributed by atoms with E-state index in [9.17, 15) is 0 Å². The molecule has 3 rings (SSSR count). The number of likely N-dealkylation sites (tertiary alicyclic amines) is 1. The minimum atomic E-state index is 0.811. The highest BCUT2D eigenvalue weighted by atomic mass is 32.2. The molecule has 2 heterocycles. The van der Waals surface area contributed by atoms with Crippen LogP contribution in [0.25, 0.3) is 0 Å². The van der Waals surface area contributed by atoms with Crippen molar-refractivity contribution in [3.8, 4) is 0 Å². The third-order valence-electron chi connectivity index (χ3n) is 5.85. The molecule has 2 aliphatic heterocycles. The molecule has 3 heteroatoms. The minimum absolute atomic E-state index is 0.811. The van der Waals surface area contributed by atoms with Crippen molar-refractivity contribution in [2.24, 2.45) is 5.92 Å². The van der Waals surface area contributed by atoms with Gasteiger partial charge in [-0.1, -0.05) is 67.7 Å². The van der Waals surface area contributed by atoms with Crippen molar-refractivity contribution >= 4 is 11.9 Å². The molecule has 0 aromatic heterocycles. The number of nitrogens with zero attached hydrogens (tertiary/aromatic N) is 2. The average molecular weight is 397 g/mol. The predicted octanol–water partition coefficient (Wildman–Crippen LogP) is 6.29.